The van der Waals surface area contributed by atoms with Gasteiger partial charge in [-0.15, -0.1) is 11.3 Å². The molecule has 0 unspecified atom stereocenters. The topological polar surface area (TPSA) is 79.3 Å². The predicted molar refractivity (Wildman–Crippen MR) is 96.3 cm³/mol. The lowest BCUT2D eigenvalue weighted by Crippen LogP contribution is -2.42. The van der Waals surface area contributed by atoms with E-state index >= 15 is 0 Å². The molecule has 3 heterocycles. The van der Waals surface area contributed by atoms with Crippen LogP contribution in [0.3, 0.4) is 0 Å². The predicted octanol–water partition coefficient (Wildman–Crippen LogP) is 0.991. The van der Waals surface area contributed by atoms with Crippen molar-refractivity contribution in [1.82, 2.24) is 25.3 Å². The Balaban J connectivity index is 1.68. The Kier molecular flexibility index (Phi) is 5.50. The number of likely N-dealkylation sites (N-methyl/N-ethyl adjacent to an activating group) is 1. The normalized spacial score (nSPS) is 20.6. The van der Waals surface area contributed by atoms with E-state index in [4.69, 9.17) is 0 Å². The standard InChI is InChI=1S/C17H23N5O2S/c1-3-18-16(23)15-9-12(10-22(15)11-13-5-4-8-25-13)20-17(24)14-6-7-19-21(14)2/h4-8,12,15H,3,9-11H2,1-2H3,(H,18,23)(H,20,24)/t12-,15-/m0/s1. The molecule has 1 aliphatic heterocycles. The minimum absolute atomic E-state index is 0.0244. The van der Waals surface area contributed by atoms with Gasteiger partial charge in [-0.2, -0.15) is 5.10 Å². The third kappa shape index (κ3) is 4.08. The Morgan fingerprint density at radius 3 is 2.88 bits per heavy atom. The number of hydrogen-bond donors (Lipinski definition) is 2. The molecule has 0 radical (unpaired) electrons. The number of nitrogens with zero attached hydrogens (tertiary/aromatic N) is 3. The number of carbonyl (C=O) groups is 2. The van der Waals surface area contributed by atoms with Crippen molar-refractivity contribution in [3.63, 3.8) is 0 Å². The van der Waals surface area contributed by atoms with Crippen LogP contribution in [0.5, 0.6) is 0 Å². The highest BCUT2D eigenvalue weighted by Gasteiger charge is 2.37. The molecule has 25 heavy (non-hydrogen) atoms. The van der Waals surface area contributed by atoms with Gasteiger partial charge in [-0.05, 0) is 30.9 Å². The maximum atomic E-state index is 12.4. The fourth-order valence-corrected chi connectivity index (χ4v) is 3.94. The van der Waals surface area contributed by atoms with Gasteiger partial charge < -0.3 is 10.6 Å². The molecule has 3 rings (SSSR count). The molecule has 2 aromatic heterocycles. The van der Waals surface area contributed by atoms with E-state index in [2.05, 4.69) is 26.7 Å². The fourth-order valence-electron chi connectivity index (χ4n) is 3.21. The van der Waals surface area contributed by atoms with Crippen LogP contribution in [0.25, 0.3) is 0 Å². The number of thiophene rings is 1. The monoisotopic (exact) mass is 361 g/mol. The van der Waals surface area contributed by atoms with Crippen LogP contribution in [0.1, 0.15) is 28.7 Å². The molecule has 7 nitrogen and oxygen atoms in total. The third-order valence-corrected chi connectivity index (χ3v) is 5.25. The van der Waals surface area contributed by atoms with Crippen molar-refractivity contribution in [3.8, 4) is 0 Å². The van der Waals surface area contributed by atoms with Gasteiger partial charge in [0.15, 0.2) is 0 Å². The largest absolute Gasteiger partial charge is 0.355 e. The van der Waals surface area contributed by atoms with Gasteiger partial charge in [-0.3, -0.25) is 19.2 Å². The van der Waals surface area contributed by atoms with E-state index < -0.39 is 0 Å². The van der Waals surface area contributed by atoms with Crippen molar-refractivity contribution in [2.75, 3.05) is 13.1 Å². The molecule has 2 amide bonds. The molecule has 2 N–H and O–H groups in total. The number of nitrogens with one attached hydrogen (secondary N) is 2. The Labute approximate surface area is 151 Å². The molecule has 0 aliphatic carbocycles. The Hall–Kier alpha value is -2.19. The number of hydrogen-bond acceptors (Lipinski definition) is 5. The number of aryl methyl sites for hydroxylation is 1. The molecule has 2 atom stereocenters. The minimum Gasteiger partial charge on any atom is -0.355 e. The quantitative estimate of drug-likeness (QED) is 0.804. The maximum absolute atomic E-state index is 12.4. The summed E-state index contributed by atoms with van der Waals surface area (Å²) in [5.74, 6) is -0.131. The van der Waals surface area contributed by atoms with E-state index in [1.807, 2.05) is 18.4 Å². The van der Waals surface area contributed by atoms with Crippen LogP contribution in [0.4, 0.5) is 0 Å². The van der Waals surface area contributed by atoms with Crippen LogP contribution in [0, 0.1) is 0 Å². The number of likely N-dealkylation sites (tertiary alicyclic amines) is 1. The van der Waals surface area contributed by atoms with Gasteiger partial charge in [0, 0.05) is 43.8 Å². The first-order chi connectivity index (χ1) is 12.1. The lowest BCUT2D eigenvalue weighted by Gasteiger charge is -2.22. The van der Waals surface area contributed by atoms with Crippen LogP contribution in [0.15, 0.2) is 29.8 Å². The second kappa shape index (κ2) is 7.79. The minimum atomic E-state index is -0.223. The van der Waals surface area contributed by atoms with Crippen molar-refractivity contribution in [2.24, 2.45) is 7.05 Å². The summed E-state index contributed by atoms with van der Waals surface area (Å²) in [5, 5.41) is 12.0. The van der Waals surface area contributed by atoms with E-state index in [0.717, 1.165) is 6.54 Å². The first kappa shape index (κ1) is 17.6. The van der Waals surface area contributed by atoms with Gasteiger partial charge in [0.1, 0.15) is 5.69 Å². The van der Waals surface area contributed by atoms with Crippen molar-refractivity contribution in [2.45, 2.75) is 32.0 Å². The highest BCUT2D eigenvalue weighted by atomic mass is 32.1. The summed E-state index contributed by atoms with van der Waals surface area (Å²) in [6.07, 6.45) is 2.21. The van der Waals surface area contributed by atoms with Crippen LogP contribution in [-0.4, -0.2) is 51.7 Å². The number of rotatable bonds is 6. The molecule has 1 aliphatic rings. The van der Waals surface area contributed by atoms with Crippen LogP contribution >= 0.6 is 11.3 Å². The van der Waals surface area contributed by atoms with Crippen LogP contribution in [0.2, 0.25) is 0 Å². The highest BCUT2D eigenvalue weighted by Crippen LogP contribution is 2.23. The highest BCUT2D eigenvalue weighted by molar-refractivity contribution is 7.09. The van der Waals surface area contributed by atoms with Gasteiger partial charge >= 0.3 is 0 Å². The van der Waals surface area contributed by atoms with Crippen LogP contribution < -0.4 is 10.6 Å². The van der Waals surface area contributed by atoms with E-state index in [-0.39, 0.29) is 23.9 Å². The number of aromatic nitrogens is 2. The van der Waals surface area contributed by atoms with Crippen LogP contribution in [-0.2, 0) is 18.4 Å². The summed E-state index contributed by atoms with van der Waals surface area (Å²) in [4.78, 5) is 28.2. The summed E-state index contributed by atoms with van der Waals surface area (Å²) in [5.41, 5.74) is 0.520. The number of carbonyl (C=O) groups excluding carboxylic acids is 2. The van der Waals surface area contributed by atoms with Gasteiger partial charge in [0.2, 0.25) is 5.91 Å². The molecule has 0 aromatic carbocycles. The summed E-state index contributed by atoms with van der Waals surface area (Å²) in [7, 11) is 1.74. The second-order valence-corrected chi connectivity index (χ2v) is 7.20. The summed E-state index contributed by atoms with van der Waals surface area (Å²) < 4.78 is 1.55. The van der Waals surface area contributed by atoms with E-state index in [0.29, 0.717) is 25.2 Å². The molecule has 1 fully saturated rings. The maximum Gasteiger partial charge on any atom is 0.269 e. The van der Waals surface area contributed by atoms with Gasteiger partial charge in [0.25, 0.3) is 5.91 Å². The van der Waals surface area contributed by atoms with Gasteiger partial charge in [-0.1, -0.05) is 6.07 Å². The Morgan fingerprint density at radius 2 is 2.24 bits per heavy atom. The Bertz CT molecular complexity index is 727. The molecular formula is C17H23N5O2S. The molecule has 2 aromatic rings. The molecule has 0 spiro atoms. The molecule has 134 valence electrons. The first-order valence-electron chi connectivity index (χ1n) is 8.41. The third-order valence-electron chi connectivity index (χ3n) is 4.38. The van der Waals surface area contributed by atoms with E-state index in [1.165, 1.54) is 4.88 Å². The zero-order chi connectivity index (χ0) is 17.8. The van der Waals surface area contributed by atoms with Crippen molar-refractivity contribution in [1.29, 1.82) is 0 Å². The summed E-state index contributed by atoms with van der Waals surface area (Å²) in [6, 6.07) is 5.49. The second-order valence-electron chi connectivity index (χ2n) is 6.17. The lowest BCUT2D eigenvalue weighted by molar-refractivity contribution is -0.125. The first-order valence-corrected chi connectivity index (χ1v) is 9.29. The van der Waals surface area contributed by atoms with E-state index in [9.17, 15) is 9.59 Å². The average molecular weight is 361 g/mol. The van der Waals surface area contributed by atoms with Crippen molar-refractivity contribution in [3.05, 3.63) is 40.3 Å². The molecule has 1 saturated heterocycles. The molecule has 8 heteroatoms. The van der Waals surface area contributed by atoms with E-state index in [1.54, 1.807) is 35.3 Å². The molecule has 0 saturated carbocycles. The molecular weight excluding hydrogens is 338 g/mol. The summed E-state index contributed by atoms with van der Waals surface area (Å²) in [6.45, 7) is 3.90. The number of amides is 2. The zero-order valence-electron chi connectivity index (χ0n) is 14.4. The average Bonchev–Trinajstić information content (AvgIpc) is 3.29. The summed E-state index contributed by atoms with van der Waals surface area (Å²) >= 11 is 1.68. The lowest BCUT2D eigenvalue weighted by atomic mass is 10.1. The SMILES string of the molecule is CCNC(=O)[C@@H]1C[C@H](NC(=O)c2ccnn2C)CN1Cc1cccs1. The smallest absolute Gasteiger partial charge is 0.269 e. The molecule has 0 bridgehead atoms. The fraction of sp³-hybridized carbons (Fsp3) is 0.471. The van der Waals surface area contributed by atoms with Crippen molar-refractivity contribution < 1.29 is 9.59 Å². The van der Waals surface area contributed by atoms with Gasteiger partial charge in [-0.25, -0.2) is 0 Å². The Morgan fingerprint density at radius 1 is 1.40 bits per heavy atom. The van der Waals surface area contributed by atoms with Gasteiger partial charge in [0.05, 0.1) is 6.04 Å². The zero-order valence-corrected chi connectivity index (χ0v) is 15.3. The van der Waals surface area contributed by atoms with Crippen molar-refractivity contribution >= 4 is 23.2 Å².